The zero-order valence-corrected chi connectivity index (χ0v) is 20.2. The van der Waals surface area contributed by atoms with Gasteiger partial charge in [-0.2, -0.15) is 0 Å². The summed E-state index contributed by atoms with van der Waals surface area (Å²) in [5.74, 6) is -0.251. The van der Waals surface area contributed by atoms with Gasteiger partial charge in [-0.1, -0.05) is 12.8 Å². The van der Waals surface area contributed by atoms with Gasteiger partial charge in [-0.3, -0.25) is 9.59 Å². The number of hydrogen-bond acceptors (Lipinski definition) is 5. The van der Waals surface area contributed by atoms with Crippen molar-refractivity contribution in [2.45, 2.75) is 122 Å². The minimum atomic E-state index is -0.926. The average Bonchev–Trinajstić information content (AvgIpc) is 2.72. The van der Waals surface area contributed by atoms with Gasteiger partial charge in [-0.25, -0.2) is 0 Å². The predicted molar refractivity (Wildman–Crippen MR) is 120 cm³/mol. The molecule has 1 unspecified atom stereocenters. The van der Waals surface area contributed by atoms with E-state index in [4.69, 9.17) is 15.0 Å². The van der Waals surface area contributed by atoms with Crippen LogP contribution in [0.2, 0.25) is 6.32 Å². The molecular formula is C22H42BN3O4. The number of unbranched alkanes of at least 4 members (excludes halogenated alkanes) is 1. The summed E-state index contributed by atoms with van der Waals surface area (Å²) >= 11 is 0. The second-order valence-corrected chi connectivity index (χ2v) is 11.2. The Morgan fingerprint density at radius 3 is 2.00 bits per heavy atom. The van der Waals surface area contributed by atoms with Gasteiger partial charge in [0.05, 0.1) is 11.2 Å². The fourth-order valence-electron chi connectivity index (χ4n) is 4.35. The van der Waals surface area contributed by atoms with Crippen molar-refractivity contribution < 1.29 is 18.9 Å². The summed E-state index contributed by atoms with van der Waals surface area (Å²) < 4.78 is 12.2. The third-order valence-corrected chi connectivity index (χ3v) is 6.73. The quantitative estimate of drug-likeness (QED) is 0.412. The van der Waals surface area contributed by atoms with Crippen molar-refractivity contribution in [2.75, 3.05) is 0 Å². The van der Waals surface area contributed by atoms with E-state index < -0.39 is 5.54 Å². The Balaban J connectivity index is 2.05. The molecule has 172 valence electrons. The Labute approximate surface area is 182 Å². The second-order valence-electron chi connectivity index (χ2n) is 11.2. The molecule has 1 heterocycles. The standard InChI is InChI=1S/C22H42BN3O4/c1-15(27)25-22(16-13-17(24)14-16,18(28)26-19(2,3)4)11-9-10-12-23-29-20(5,6)21(7,8)30-23/h16-17H,9-14,24H2,1-8H3,(H,25,27)(H,26,28). The summed E-state index contributed by atoms with van der Waals surface area (Å²) in [6.07, 6.45) is 4.46. The molecule has 8 heteroatoms. The molecule has 2 aliphatic rings. The monoisotopic (exact) mass is 423 g/mol. The Kier molecular flexibility index (Phi) is 7.37. The van der Waals surface area contributed by atoms with Gasteiger partial charge in [0.25, 0.3) is 0 Å². The SMILES string of the molecule is CC(=O)NC(CCCCB1OC(C)(C)C(C)(C)O1)(C(=O)NC(C)(C)C)C1CC(N)C1. The number of carbonyl (C=O) groups is 2. The first-order valence-electron chi connectivity index (χ1n) is 11.3. The van der Waals surface area contributed by atoms with Crippen LogP contribution >= 0.6 is 0 Å². The highest BCUT2D eigenvalue weighted by Gasteiger charge is 2.52. The van der Waals surface area contributed by atoms with E-state index in [-0.39, 0.29) is 47.6 Å². The Hall–Kier alpha value is -1.12. The van der Waals surface area contributed by atoms with Gasteiger partial charge in [0, 0.05) is 18.5 Å². The van der Waals surface area contributed by atoms with E-state index in [1.54, 1.807) is 0 Å². The van der Waals surface area contributed by atoms with Gasteiger partial charge in [0.1, 0.15) is 5.54 Å². The summed E-state index contributed by atoms with van der Waals surface area (Å²) in [5.41, 5.74) is 4.05. The number of amides is 2. The highest BCUT2D eigenvalue weighted by Crippen LogP contribution is 2.41. The highest BCUT2D eigenvalue weighted by molar-refractivity contribution is 6.45. The maximum absolute atomic E-state index is 13.4. The fourth-order valence-corrected chi connectivity index (χ4v) is 4.35. The van der Waals surface area contributed by atoms with Crippen LogP contribution in [0.25, 0.3) is 0 Å². The van der Waals surface area contributed by atoms with Gasteiger partial charge >= 0.3 is 7.12 Å². The van der Waals surface area contributed by atoms with E-state index in [9.17, 15) is 9.59 Å². The van der Waals surface area contributed by atoms with Crippen LogP contribution in [0.15, 0.2) is 0 Å². The van der Waals surface area contributed by atoms with Crippen LogP contribution < -0.4 is 16.4 Å². The van der Waals surface area contributed by atoms with Crippen LogP contribution in [0.4, 0.5) is 0 Å². The molecule has 0 aromatic heterocycles. The number of carbonyl (C=O) groups excluding carboxylic acids is 2. The van der Waals surface area contributed by atoms with Gasteiger partial charge in [0.2, 0.25) is 11.8 Å². The van der Waals surface area contributed by atoms with Crippen LogP contribution in [0, 0.1) is 5.92 Å². The Morgan fingerprint density at radius 2 is 1.57 bits per heavy atom. The molecule has 0 radical (unpaired) electrons. The third kappa shape index (κ3) is 5.77. The zero-order chi connectivity index (χ0) is 23.0. The lowest BCUT2D eigenvalue weighted by Crippen LogP contribution is -2.68. The number of hydrogen-bond donors (Lipinski definition) is 3. The molecule has 2 rings (SSSR count). The molecule has 0 aromatic carbocycles. The first-order valence-corrected chi connectivity index (χ1v) is 11.3. The van der Waals surface area contributed by atoms with Gasteiger partial charge in [0.15, 0.2) is 0 Å². The molecule has 4 N–H and O–H groups in total. The van der Waals surface area contributed by atoms with Crippen molar-refractivity contribution in [2.24, 2.45) is 11.7 Å². The lowest BCUT2D eigenvalue weighted by Gasteiger charge is -2.48. The molecule has 2 fully saturated rings. The molecule has 7 nitrogen and oxygen atoms in total. The van der Waals surface area contributed by atoms with Crippen LogP contribution in [0.1, 0.15) is 87.5 Å². The molecule has 0 spiro atoms. The minimum absolute atomic E-state index is 0.0515. The van der Waals surface area contributed by atoms with E-state index in [1.165, 1.54) is 6.92 Å². The van der Waals surface area contributed by atoms with Crippen molar-refractivity contribution in [3.63, 3.8) is 0 Å². The summed E-state index contributed by atoms with van der Waals surface area (Å²) in [7, 11) is -0.245. The Bertz CT molecular complexity index is 625. The normalized spacial score (nSPS) is 27.2. The van der Waals surface area contributed by atoms with Crippen molar-refractivity contribution in [3.8, 4) is 0 Å². The molecule has 1 saturated carbocycles. The number of nitrogens with two attached hydrogens (primary N) is 1. The second kappa shape index (κ2) is 8.79. The van der Waals surface area contributed by atoms with E-state index in [0.717, 1.165) is 32.0 Å². The van der Waals surface area contributed by atoms with Crippen molar-refractivity contribution in [3.05, 3.63) is 0 Å². The number of nitrogens with one attached hydrogen (secondary N) is 2. The topological polar surface area (TPSA) is 103 Å². The molecule has 30 heavy (non-hydrogen) atoms. The predicted octanol–water partition coefficient (Wildman–Crippen LogP) is 2.78. The molecule has 1 atom stereocenters. The summed E-state index contributed by atoms with van der Waals surface area (Å²) in [4.78, 5) is 25.4. The van der Waals surface area contributed by atoms with Crippen LogP contribution in [-0.4, -0.2) is 47.3 Å². The molecular weight excluding hydrogens is 381 g/mol. The maximum atomic E-state index is 13.4. The summed E-state index contributed by atoms with van der Waals surface area (Å²) in [5, 5.41) is 6.11. The largest absolute Gasteiger partial charge is 0.457 e. The van der Waals surface area contributed by atoms with Crippen molar-refractivity contribution >= 4 is 18.9 Å². The van der Waals surface area contributed by atoms with E-state index in [2.05, 4.69) is 10.6 Å². The van der Waals surface area contributed by atoms with E-state index >= 15 is 0 Å². The highest BCUT2D eigenvalue weighted by atomic mass is 16.7. The first-order chi connectivity index (χ1) is 13.6. The lowest BCUT2D eigenvalue weighted by molar-refractivity contribution is -0.139. The van der Waals surface area contributed by atoms with Crippen molar-refractivity contribution in [1.29, 1.82) is 0 Å². The molecule has 0 aromatic rings. The van der Waals surface area contributed by atoms with E-state index in [0.29, 0.717) is 6.42 Å². The van der Waals surface area contributed by atoms with Crippen molar-refractivity contribution in [1.82, 2.24) is 10.6 Å². The van der Waals surface area contributed by atoms with Crippen LogP contribution in [0.3, 0.4) is 0 Å². The fraction of sp³-hybridized carbons (Fsp3) is 0.909. The van der Waals surface area contributed by atoms with Gasteiger partial charge in [-0.15, -0.1) is 0 Å². The molecule has 2 amide bonds. The zero-order valence-electron chi connectivity index (χ0n) is 20.2. The minimum Gasteiger partial charge on any atom is -0.403 e. The molecule has 1 aliphatic carbocycles. The summed E-state index contributed by atoms with van der Waals surface area (Å²) in [6, 6.07) is 0.0929. The smallest absolute Gasteiger partial charge is 0.403 e. The molecule has 1 aliphatic heterocycles. The first kappa shape index (κ1) is 25.1. The summed E-state index contributed by atoms with van der Waals surface area (Å²) in [6.45, 7) is 15.5. The number of rotatable bonds is 8. The van der Waals surface area contributed by atoms with Gasteiger partial charge in [-0.05, 0) is 80.0 Å². The van der Waals surface area contributed by atoms with Crippen LogP contribution in [-0.2, 0) is 18.9 Å². The Morgan fingerprint density at radius 1 is 1.03 bits per heavy atom. The third-order valence-electron chi connectivity index (χ3n) is 6.73. The molecule has 1 saturated heterocycles. The van der Waals surface area contributed by atoms with Gasteiger partial charge < -0.3 is 25.7 Å². The molecule has 0 bridgehead atoms. The maximum Gasteiger partial charge on any atom is 0.457 e. The lowest BCUT2D eigenvalue weighted by atomic mass is 9.65. The van der Waals surface area contributed by atoms with Crippen LogP contribution in [0.5, 0.6) is 0 Å². The average molecular weight is 423 g/mol. The van der Waals surface area contributed by atoms with E-state index in [1.807, 2.05) is 48.5 Å².